The van der Waals surface area contributed by atoms with Crippen molar-refractivity contribution in [2.24, 2.45) is 0 Å². The fraction of sp³-hybridized carbons (Fsp3) is 0. The second-order valence-electron chi connectivity index (χ2n) is 2.68. The minimum absolute atomic E-state index is 0.459. The van der Waals surface area contributed by atoms with Gasteiger partial charge >= 0.3 is 0 Å². The van der Waals surface area contributed by atoms with Gasteiger partial charge in [0.2, 0.25) is 0 Å². The van der Waals surface area contributed by atoms with Crippen LogP contribution >= 0.6 is 11.3 Å². The maximum Gasteiger partial charge on any atom is 0.150 e. The summed E-state index contributed by atoms with van der Waals surface area (Å²) >= 11 is 1.56. The average Bonchev–Trinajstić information content (AvgIpc) is 2.62. The summed E-state index contributed by atoms with van der Waals surface area (Å²) in [5, 5.41) is 2.95. The highest BCUT2D eigenvalue weighted by atomic mass is 32.1. The second-order valence-corrected chi connectivity index (χ2v) is 3.62. The summed E-state index contributed by atoms with van der Waals surface area (Å²) in [5.41, 5.74) is 0.922. The number of hydrogen-bond acceptors (Lipinski definition) is 3. The van der Waals surface area contributed by atoms with Crippen molar-refractivity contribution < 1.29 is 9.59 Å². The van der Waals surface area contributed by atoms with Crippen LogP contribution in [0.4, 0.5) is 0 Å². The minimum Gasteiger partial charge on any atom is -0.298 e. The molecule has 0 spiro atoms. The Morgan fingerprint density at radius 3 is 2.46 bits per heavy atom. The second kappa shape index (κ2) is 3.11. The molecule has 0 radical (unpaired) electrons. The molecule has 2 aromatic rings. The van der Waals surface area contributed by atoms with Crippen LogP contribution in [-0.2, 0) is 0 Å². The number of benzene rings is 1. The third-order valence-electron chi connectivity index (χ3n) is 1.91. The van der Waals surface area contributed by atoms with E-state index in [4.69, 9.17) is 0 Å². The fourth-order valence-corrected chi connectivity index (χ4v) is 2.07. The molecule has 0 saturated carbocycles. The van der Waals surface area contributed by atoms with Gasteiger partial charge in [0.15, 0.2) is 12.6 Å². The molecule has 0 aliphatic heterocycles. The standard InChI is InChI=1S/C10H6O2S/c11-5-8-3-7-1-2-13-10(7)4-9(8)6-12/h1-6H. The summed E-state index contributed by atoms with van der Waals surface area (Å²) in [7, 11) is 0. The van der Waals surface area contributed by atoms with Crippen LogP contribution < -0.4 is 0 Å². The lowest BCUT2D eigenvalue weighted by Crippen LogP contribution is -1.89. The molecular weight excluding hydrogens is 184 g/mol. The van der Waals surface area contributed by atoms with Crippen LogP contribution in [0.2, 0.25) is 0 Å². The lowest BCUT2D eigenvalue weighted by molar-refractivity contribution is 0.109. The molecule has 0 saturated heterocycles. The Hall–Kier alpha value is -1.48. The Bertz CT molecular complexity index is 429. The zero-order valence-electron chi connectivity index (χ0n) is 6.69. The van der Waals surface area contributed by atoms with Crippen LogP contribution in [0.3, 0.4) is 0 Å². The zero-order valence-corrected chi connectivity index (χ0v) is 7.51. The third-order valence-corrected chi connectivity index (χ3v) is 2.79. The maximum absolute atomic E-state index is 10.6. The van der Waals surface area contributed by atoms with E-state index < -0.39 is 0 Å². The molecule has 2 nitrogen and oxygen atoms in total. The summed E-state index contributed by atoms with van der Waals surface area (Å²) in [4.78, 5) is 21.2. The molecular formula is C10H6O2S. The molecule has 0 aliphatic rings. The molecule has 0 N–H and O–H groups in total. The lowest BCUT2D eigenvalue weighted by Gasteiger charge is -1.96. The molecule has 1 aromatic carbocycles. The van der Waals surface area contributed by atoms with E-state index in [0.29, 0.717) is 23.7 Å². The van der Waals surface area contributed by atoms with Crippen molar-refractivity contribution in [1.29, 1.82) is 0 Å². The molecule has 3 heteroatoms. The van der Waals surface area contributed by atoms with Gasteiger partial charge in [0.1, 0.15) is 0 Å². The van der Waals surface area contributed by atoms with Gasteiger partial charge in [-0.15, -0.1) is 11.3 Å². The number of carbonyl (C=O) groups is 2. The van der Waals surface area contributed by atoms with E-state index in [1.165, 1.54) is 0 Å². The van der Waals surface area contributed by atoms with Crippen LogP contribution in [-0.4, -0.2) is 12.6 Å². The molecule has 0 fully saturated rings. The average molecular weight is 190 g/mol. The Kier molecular flexibility index (Phi) is 1.94. The van der Waals surface area contributed by atoms with Crippen LogP contribution in [0.25, 0.3) is 10.1 Å². The fourth-order valence-electron chi connectivity index (χ4n) is 1.25. The summed E-state index contributed by atoms with van der Waals surface area (Å²) in [5.74, 6) is 0. The van der Waals surface area contributed by atoms with Crippen molar-refractivity contribution >= 4 is 34.0 Å². The van der Waals surface area contributed by atoms with E-state index in [9.17, 15) is 9.59 Å². The van der Waals surface area contributed by atoms with E-state index in [2.05, 4.69) is 0 Å². The molecule has 2 rings (SSSR count). The van der Waals surface area contributed by atoms with Crippen molar-refractivity contribution in [1.82, 2.24) is 0 Å². The molecule has 0 amide bonds. The van der Waals surface area contributed by atoms with Gasteiger partial charge in [0.25, 0.3) is 0 Å². The lowest BCUT2D eigenvalue weighted by atomic mass is 10.1. The monoisotopic (exact) mass is 190 g/mol. The van der Waals surface area contributed by atoms with Crippen molar-refractivity contribution in [2.45, 2.75) is 0 Å². The number of aldehydes is 2. The first-order valence-electron chi connectivity index (χ1n) is 3.77. The minimum atomic E-state index is 0.459. The zero-order chi connectivity index (χ0) is 9.26. The predicted molar refractivity (Wildman–Crippen MR) is 52.6 cm³/mol. The third kappa shape index (κ3) is 1.27. The van der Waals surface area contributed by atoms with Gasteiger partial charge in [-0.2, -0.15) is 0 Å². The van der Waals surface area contributed by atoms with Crippen LogP contribution in [0.1, 0.15) is 20.7 Å². The number of hydrogen-bond donors (Lipinski definition) is 0. The Morgan fingerprint density at radius 1 is 1.08 bits per heavy atom. The highest BCUT2D eigenvalue weighted by molar-refractivity contribution is 7.17. The van der Waals surface area contributed by atoms with E-state index in [1.54, 1.807) is 23.5 Å². The van der Waals surface area contributed by atoms with Gasteiger partial charge < -0.3 is 0 Å². The largest absolute Gasteiger partial charge is 0.298 e. The number of rotatable bonds is 2. The van der Waals surface area contributed by atoms with E-state index in [-0.39, 0.29) is 0 Å². The van der Waals surface area contributed by atoms with Gasteiger partial charge in [-0.25, -0.2) is 0 Å². The first-order chi connectivity index (χ1) is 6.35. The van der Waals surface area contributed by atoms with Crippen molar-refractivity contribution in [2.75, 3.05) is 0 Å². The van der Waals surface area contributed by atoms with Gasteiger partial charge in [0, 0.05) is 15.8 Å². The molecule has 64 valence electrons. The highest BCUT2D eigenvalue weighted by Gasteiger charge is 2.03. The summed E-state index contributed by atoms with van der Waals surface area (Å²) < 4.78 is 1.03. The molecule has 0 bridgehead atoms. The van der Waals surface area contributed by atoms with Gasteiger partial charge in [-0.05, 0) is 29.0 Å². The Labute approximate surface area is 78.8 Å². The van der Waals surface area contributed by atoms with Gasteiger partial charge in [-0.3, -0.25) is 9.59 Å². The molecule has 13 heavy (non-hydrogen) atoms. The van der Waals surface area contributed by atoms with Gasteiger partial charge in [0.05, 0.1) is 0 Å². The number of carbonyl (C=O) groups excluding carboxylic acids is 2. The molecule has 0 aliphatic carbocycles. The number of thiophene rings is 1. The van der Waals surface area contributed by atoms with Crippen LogP contribution in [0.5, 0.6) is 0 Å². The van der Waals surface area contributed by atoms with E-state index in [0.717, 1.165) is 10.1 Å². The molecule has 0 atom stereocenters. The summed E-state index contributed by atoms with van der Waals surface area (Å²) in [6, 6.07) is 5.42. The molecule has 1 aromatic heterocycles. The van der Waals surface area contributed by atoms with E-state index in [1.807, 2.05) is 11.4 Å². The van der Waals surface area contributed by atoms with Crippen LogP contribution in [0, 0.1) is 0 Å². The SMILES string of the molecule is O=Cc1cc2ccsc2cc1C=O. The Balaban J connectivity index is 2.80. The van der Waals surface area contributed by atoms with Crippen molar-refractivity contribution in [3.05, 3.63) is 34.7 Å². The van der Waals surface area contributed by atoms with E-state index >= 15 is 0 Å². The van der Waals surface area contributed by atoms with Crippen molar-refractivity contribution in [3.8, 4) is 0 Å². The van der Waals surface area contributed by atoms with Gasteiger partial charge in [-0.1, -0.05) is 0 Å². The smallest absolute Gasteiger partial charge is 0.150 e. The molecule has 0 unspecified atom stereocenters. The first-order valence-corrected chi connectivity index (χ1v) is 4.64. The quantitative estimate of drug-likeness (QED) is 0.682. The first kappa shape index (κ1) is 8.13. The topological polar surface area (TPSA) is 34.1 Å². The number of fused-ring (bicyclic) bond motifs is 1. The van der Waals surface area contributed by atoms with Crippen molar-refractivity contribution in [3.63, 3.8) is 0 Å². The Morgan fingerprint density at radius 2 is 1.77 bits per heavy atom. The summed E-state index contributed by atoms with van der Waals surface area (Å²) in [6.45, 7) is 0. The van der Waals surface area contributed by atoms with Crippen LogP contribution in [0.15, 0.2) is 23.6 Å². The predicted octanol–water partition coefficient (Wildman–Crippen LogP) is 2.53. The normalized spacial score (nSPS) is 10.2. The molecule has 1 heterocycles. The summed E-state index contributed by atoms with van der Waals surface area (Å²) in [6.07, 6.45) is 1.42. The highest BCUT2D eigenvalue weighted by Crippen LogP contribution is 2.23. The maximum atomic E-state index is 10.6.